The van der Waals surface area contributed by atoms with Crippen molar-refractivity contribution in [3.05, 3.63) is 72.9 Å². The van der Waals surface area contributed by atoms with Crippen molar-refractivity contribution < 1.29 is 89.4 Å². The van der Waals surface area contributed by atoms with Gasteiger partial charge in [0.2, 0.25) is 5.91 Å². The minimum atomic E-state index is -1.99. The highest BCUT2D eigenvalue weighted by molar-refractivity contribution is 5.76. The topological polar surface area (TPSA) is 307 Å². The monoisotopic (exact) mass is 1280 g/mol. The molecule has 0 saturated carbocycles. The van der Waals surface area contributed by atoms with Gasteiger partial charge in [0.1, 0.15) is 73.2 Å². The molecule has 0 aromatic heterocycles. The number of carbonyl (C=O) groups is 1. The molecule has 19 heteroatoms. The molecule has 19 nitrogen and oxygen atoms in total. The summed E-state index contributed by atoms with van der Waals surface area (Å²) in [6, 6.07) is -1.01. The minimum absolute atomic E-state index is 0.214. The first-order valence-electron chi connectivity index (χ1n) is 35.2. The Hall–Kier alpha value is -2.77. The van der Waals surface area contributed by atoms with Gasteiger partial charge in [-0.15, -0.1) is 0 Å². The molecule has 0 bridgehead atoms. The minimum Gasteiger partial charge on any atom is -0.394 e. The van der Waals surface area contributed by atoms with E-state index in [9.17, 15) is 61.0 Å². The quantitative estimate of drug-likeness (QED) is 0.0199. The van der Waals surface area contributed by atoms with Gasteiger partial charge in [-0.3, -0.25) is 4.79 Å². The summed E-state index contributed by atoms with van der Waals surface area (Å²) in [6.45, 7) is 1.69. The molecule has 17 unspecified atom stereocenters. The summed E-state index contributed by atoms with van der Waals surface area (Å²) in [4.78, 5) is 13.4. The van der Waals surface area contributed by atoms with Crippen molar-refractivity contribution in [2.75, 3.05) is 26.4 Å². The van der Waals surface area contributed by atoms with Crippen LogP contribution in [0.5, 0.6) is 0 Å². The molecule has 1 amide bonds. The van der Waals surface area contributed by atoms with Crippen molar-refractivity contribution >= 4 is 5.91 Å². The van der Waals surface area contributed by atoms with E-state index in [2.05, 4.69) is 79.9 Å². The number of amides is 1. The summed E-state index contributed by atoms with van der Waals surface area (Å²) in [7, 11) is 0. The van der Waals surface area contributed by atoms with Crippen molar-refractivity contribution in [3.8, 4) is 0 Å². The van der Waals surface area contributed by atoms with E-state index in [0.717, 1.165) is 77.0 Å². The highest BCUT2D eigenvalue weighted by Gasteiger charge is 2.53. The van der Waals surface area contributed by atoms with E-state index in [0.29, 0.717) is 12.8 Å². The largest absolute Gasteiger partial charge is 0.394 e. The molecule has 3 heterocycles. The third-order valence-electron chi connectivity index (χ3n) is 17.2. The van der Waals surface area contributed by atoms with E-state index >= 15 is 0 Å². The van der Waals surface area contributed by atoms with E-state index < -0.39 is 124 Å². The Balaban J connectivity index is 1.47. The van der Waals surface area contributed by atoms with Crippen LogP contribution in [0.2, 0.25) is 0 Å². The number of hydrogen-bond acceptors (Lipinski definition) is 18. The fourth-order valence-electron chi connectivity index (χ4n) is 11.5. The van der Waals surface area contributed by atoms with Crippen LogP contribution in [-0.2, 0) is 33.2 Å². The van der Waals surface area contributed by atoms with Crippen LogP contribution in [0.1, 0.15) is 239 Å². The third-order valence-corrected chi connectivity index (χ3v) is 17.2. The Bertz CT molecular complexity index is 1920. The zero-order valence-electron chi connectivity index (χ0n) is 55.1. The van der Waals surface area contributed by atoms with Gasteiger partial charge in [-0.25, -0.2) is 0 Å². The lowest BCUT2D eigenvalue weighted by Crippen LogP contribution is -2.66. The van der Waals surface area contributed by atoms with Crippen molar-refractivity contribution in [2.45, 2.75) is 343 Å². The highest BCUT2D eigenvalue weighted by atomic mass is 16.8. The molecule has 3 aliphatic rings. The van der Waals surface area contributed by atoms with Gasteiger partial charge < -0.3 is 89.9 Å². The summed E-state index contributed by atoms with van der Waals surface area (Å²) in [6.07, 6.45) is 38.7. The molecule has 3 fully saturated rings. The van der Waals surface area contributed by atoms with E-state index in [-0.39, 0.29) is 18.9 Å². The smallest absolute Gasteiger partial charge is 0.220 e. The molecule has 3 aliphatic heterocycles. The van der Waals surface area contributed by atoms with Gasteiger partial charge >= 0.3 is 0 Å². The van der Waals surface area contributed by atoms with Crippen LogP contribution in [-0.4, -0.2) is 193 Å². The lowest BCUT2D eigenvalue weighted by molar-refractivity contribution is -0.379. The van der Waals surface area contributed by atoms with Crippen molar-refractivity contribution in [2.24, 2.45) is 0 Å². The summed E-state index contributed by atoms with van der Waals surface area (Å²) >= 11 is 0. The number of hydrogen-bond donors (Lipinski definition) is 12. The molecule has 0 radical (unpaired) electrons. The van der Waals surface area contributed by atoms with Crippen LogP contribution in [0.15, 0.2) is 72.9 Å². The zero-order chi connectivity index (χ0) is 65.4. The van der Waals surface area contributed by atoms with Gasteiger partial charge in [0.15, 0.2) is 18.9 Å². The maximum atomic E-state index is 13.4. The zero-order valence-corrected chi connectivity index (χ0v) is 55.1. The van der Waals surface area contributed by atoms with Crippen LogP contribution >= 0.6 is 0 Å². The molecule has 0 aromatic rings. The summed E-state index contributed by atoms with van der Waals surface area (Å²) in [5, 5.41) is 120. The second kappa shape index (κ2) is 52.5. The maximum Gasteiger partial charge on any atom is 0.220 e. The van der Waals surface area contributed by atoms with E-state index in [1.54, 1.807) is 6.08 Å². The molecule has 522 valence electrons. The Morgan fingerprint density at radius 3 is 1.19 bits per heavy atom. The summed E-state index contributed by atoms with van der Waals surface area (Å²) < 4.78 is 34.3. The van der Waals surface area contributed by atoms with Crippen LogP contribution in [0.25, 0.3) is 0 Å². The Labute approximate surface area is 540 Å². The third kappa shape index (κ3) is 34.1. The second-order valence-electron chi connectivity index (χ2n) is 25.0. The van der Waals surface area contributed by atoms with Gasteiger partial charge in [0.05, 0.1) is 38.6 Å². The molecule has 0 aliphatic carbocycles. The molecule has 3 saturated heterocycles. The predicted octanol–water partition coefficient (Wildman–Crippen LogP) is 9.33. The van der Waals surface area contributed by atoms with Crippen molar-refractivity contribution in [1.82, 2.24) is 5.32 Å². The van der Waals surface area contributed by atoms with Crippen LogP contribution in [0, 0.1) is 0 Å². The van der Waals surface area contributed by atoms with Crippen LogP contribution in [0.3, 0.4) is 0 Å². The number of ether oxygens (including phenoxy) is 6. The number of unbranched alkanes of at least 4 members (excludes halogenated alkanes) is 27. The first-order valence-corrected chi connectivity index (χ1v) is 35.2. The molecule has 0 spiro atoms. The molecule has 3 rings (SSSR count). The number of allylic oxidation sites excluding steroid dienone is 11. The van der Waals surface area contributed by atoms with Gasteiger partial charge in [0, 0.05) is 6.42 Å². The first kappa shape index (κ1) is 81.5. The molecule has 90 heavy (non-hydrogen) atoms. The van der Waals surface area contributed by atoms with Crippen molar-refractivity contribution in [1.29, 1.82) is 0 Å². The fraction of sp³-hybridized carbons (Fsp3) is 0.817. The average Bonchev–Trinajstić information content (AvgIpc) is 0.853. The summed E-state index contributed by atoms with van der Waals surface area (Å²) in [5.74, 6) is -0.303. The highest BCUT2D eigenvalue weighted by Crippen LogP contribution is 2.33. The number of nitrogens with one attached hydrogen (secondary N) is 1. The normalized spacial score (nSPS) is 28.5. The first-order chi connectivity index (χ1) is 43.8. The molecular weight excluding hydrogens is 1150 g/mol. The predicted molar refractivity (Wildman–Crippen MR) is 351 cm³/mol. The van der Waals surface area contributed by atoms with E-state index in [4.69, 9.17) is 28.4 Å². The van der Waals surface area contributed by atoms with Gasteiger partial charge in [-0.2, -0.15) is 0 Å². The fourth-order valence-corrected chi connectivity index (χ4v) is 11.5. The van der Waals surface area contributed by atoms with Gasteiger partial charge in [0.25, 0.3) is 0 Å². The van der Waals surface area contributed by atoms with E-state index in [1.807, 2.05) is 6.08 Å². The molecule has 0 aromatic carbocycles. The average molecular weight is 1280 g/mol. The number of carbonyl (C=O) groups excluding carboxylic acids is 1. The lowest BCUT2D eigenvalue weighted by atomic mass is 9.96. The SMILES string of the molecule is CCCCCCC/C=C\C/C=C\C/C=C\CCCCCCCCC(=O)NC(COC1OC(CO)C(OC2OC(CO)C(OC3OC(CO)C(O)C(O)C3O)C(O)C2O)C(O)C1O)C(O)/C=C/CC/C=C/CC/C=C/CCCCCCCCCCCCCCCC. The Morgan fingerprint density at radius 1 is 0.400 bits per heavy atom. The van der Waals surface area contributed by atoms with Crippen molar-refractivity contribution in [3.63, 3.8) is 0 Å². The standard InChI is InChI=1S/C71H125NO18/c1-3-5-7-9-11-13-15-17-19-21-23-25-26-27-29-30-32-34-36-38-40-42-44-46-48-55(76)54(72-59(77)49-47-45-43-41-39-37-35-33-31-28-24-22-20-18-16-14-12-10-8-6-4-2)53-85-69-65(83)62(80)67(57(51-74)87-69)90-71-66(84)63(81)68(58(52-75)88-71)89-70-64(82)61(79)60(78)56(50-73)86-70/h16,18,22,24,30-33,38,40,46,48,54-58,60-71,73-76,78-84H,3-15,17,19-21,23,25-29,34-37,39,41-45,47,49-53H2,1-2H3,(H,72,77)/b18-16-,24-22-,32-30+,33-31-,40-38+,48-46+. The van der Waals surface area contributed by atoms with Gasteiger partial charge in [-0.05, 0) is 83.5 Å². The molecular formula is C71H125NO18. The number of aliphatic hydroxyl groups excluding tert-OH is 11. The summed E-state index contributed by atoms with van der Waals surface area (Å²) in [5.41, 5.74) is 0. The van der Waals surface area contributed by atoms with E-state index in [1.165, 1.54) is 128 Å². The van der Waals surface area contributed by atoms with Crippen LogP contribution < -0.4 is 5.32 Å². The second-order valence-corrected chi connectivity index (χ2v) is 25.0. The Kier molecular flexibility index (Phi) is 47.5. The molecule has 17 atom stereocenters. The Morgan fingerprint density at radius 2 is 0.744 bits per heavy atom. The van der Waals surface area contributed by atoms with Crippen LogP contribution in [0.4, 0.5) is 0 Å². The maximum absolute atomic E-state index is 13.4. The number of rotatable bonds is 53. The molecule has 12 N–H and O–H groups in total. The lowest BCUT2D eigenvalue weighted by Gasteiger charge is -2.48. The number of aliphatic hydroxyl groups is 11. The van der Waals surface area contributed by atoms with Gasteiger partial charge in [-0.1, -0.05) is 222 Å².